The maximum Gasteiger partial charge on any atom is 0.188 e. The highest BCUT2D eigenvalue weighted by Crippen LogP contribution is 2.19. The summed E-state index contributed by atoms with van der Waals surface area (Å²) in [5.41, 5.74) is 8.05. The van der Waals surface area contributed by atoms with Gasteiger partial charge in [-0.15, -0.1) is 0 Å². The molecule has 4 rings (SSSR count). The largest absolute Gasteiger partial charge is 0.365 e. The van der Waals surface area contributed by atoms with E-state index < -0.39 is 0 Å². The molecule has 0 fully saturated rings. The number of aliphatic imine (C=N–C) groups is 1. The van der Waals surface area contributed by atoms with Crippen LogP contribution in [0.4, 0.5) is 4.39 Å². The minimum Gasteiger partial charge on any atom is -0.365 e. The van der Waals surface area contributed by atoms with Gasteiger partial charge < -0.3 is 15.1 Å². The summed E-state index contributed by atoms with van der Waals surface area (Å²) in [6.45, 7) is 4.32. The fourth-order valence-corrected chi connectivity index (χ4v) is 2.90. The molecule has 0 saturated carbocycles. The predicted octanol–water partition coefficient (Wildman–Crippen LogP) is 1.84. The van der Waals surface area contributed by atoms with E-state index in [0.29, 0.717) is 30.2 Å². The summed E-state index contributed by atoms with van der Waals surface area (Å²) in [5.74, 6) is 0.403. The van der Waals surface area contributed by atoms with Gasteiger partial charge in [-0.1, -0.05) is 30.5 Å². The quantitative estimate of drug-likeness (QED) is 0.824. The number of halogens is 1. The molecular formula is C18H17FN6. The van der Waals surface area contributed by atoms with Gasteiger partial charge in [-0.2, -0.15) is 5.10 Å². The summed E-state index contributed by atoms with van der Waals surface area (Å²) in [7, 11) is 0. The molecule has 6 nitrogen and oxygen atoms in total. The standard InChI is InChI=1S/C18H17FN6/c1-2-24-12-21-23-18(24)15-7-9-25-10-8-20-17(25)16(22-15)11-13-5-3-4-6-14(13)19/h2-6,8-10,17,20-21H,1,11-12H2. The lowest BCUT2D eigenvalue weighted by Gasteiger charge is -2.22. The summed E-state index contributed by atoms with van der Waals surface area (Å²) in [6.07, 6.45) is 7.46. The number of rotatable bonds is 4. The first-order valence-corrected chi connectivity index (χ1v) is 7.94. The third-order valence-corrected chi connectivity index (χ3v) is 4.18. The van der Waals surface area contributed by atoms with E-state index in [9.17, 15) is 4.39 Å². The lowest BCUT2D eigenvalue weighted by atomic mass is 10.1. The lowest BCUT2D eigenvalue weighted by molar-refractivity contribution is 0.452. The Bertz CT molecular complexity index is 862. The zero-order valence-corrected chi connectivity index (χ0v) is 13.5. The molecule has 0 aromatic heterocycles. The van der Waals surface area contributed by atoms with Gasteiger partial charge in [0.2, 0.25) is 0 Å². The molecule has 3 aliphatic rings. The molecule has 3 aliphatic heterocycles. The van der Waals surface area contributed by atoms with Crippen LogP contribution in [0.2, 0.25) is 0 Å². The Hall–Kier alpha value is -3.31. The van der Waals surface area contributed by atoms with Crippen LogP contribution in [0.25, 0.3) is 0 Å². The van der Waals surface area contributed by atoms with Crippen molar-refractivity contribution in [1.29, 1.82) is 0 Å². The maximum atomic E-state index is 14.1. The van der Waals surface area contributed by atoms with Gasteiger partial charge in [-0.05, 0) is 11.6 Å². The van der Waals surface area contributed by atoms with E-state index >= 15 is 0 Å². The van der Waals surface area contributed by atoms with Gasteiger partial charge in [0, 0.05) is 25.0 Å². The Labute approximate surface area is 145 Å². The molecule has 0 radical (unpaired) electrons. The Morgan fingerprint density at radius 3 is 3.12 bits per heavy atom. The van der Waals surface area contributed by atoms with Crippen LogP contribution in [0.1, 0.15) is 5.56 Å². The van der Waals surface area contributed by atoms with E-state index in [1.807, 2.05) is 34.5 Å². The second-order valence-corrected chi connectivity index (χ2v) is 5.73. The van der Waals surface area contributed by atoms with Gasteiger partial charge in [0.1, 0.15) is 18.7 Å². The summed E-state index contributed by atoms with van der Waals surface area (Å²) < 4.78 is 14.1. The van der Waals surface area contributed by atoms with Crippen molar-refractivity contribution in [1.82, 2.24) is 20.5 Å². The summed E-state index contributed by atoms with van der Waals surface area (Å²) in [5, 5.41) is 7.51. The van der Waals surface area contributed by atoms with Crippen molar-refractivity contribution in [3.05, 3.63) is 78.5 Å². The molecule has 1 aromatic carbocycles. The zero-order chi connectivity index (χ0) is 17.2. The van der Waals surface area contributed by atoms with Crippen molar-refractivity contribution in [2.45, 2.75) is 12.6 Å². The fraction of sp³-hybridized carbons (Fsp3) is 0.167. The van der Waals surface area contributed by atoms with Gasteiger partial charge >= 0.3 is 0 Å². The molecule has 126 valence electrons. The normalized spacial score (nSPS) is 21.0. The molecule has 3 heterocycles. The Morgan fingerprint density at radius 2 is 2.28 bits per heavy atom. The van der Waals surface area contributed by atoms with E-state index in [-0.39, 0.29) is 12.0 Å². The summed E-state index contributed by atoms with van der Waals surface area (Å²) in [6, 6.07) is 6.75. The fourth-order valence-electron chi connectivity index (χ4n) is 2.90. The number of benzene rings is 1. The van der Waals surface area contributed by atoms with Crippen LogP contribution in [-0.2, 0) is 6.42 Å². The van der Waals surface area contributed by atoms with Crippen LogP contribution in [0.15, 0.2) is 77.2 Å². The molecule has 0 aliphatic carbocycles. The third kappa shape index (κ3) is 2.81. The molecule has 2 N–H and O–H groups in total. The van der Waals surface area contributed by atoms with Crippen LogP contribution < -0.4 is 10.7 Å². The number of fused-ring (bicyclic) bond motifs is 1. The molecule has 0 spiro atoms. The van der Waals surface area contributed by atoms with E-state index in [2.05, 4.69) is 28.2 Å². The Kier molecular flexibility index (Phi) is 3.84. The molecule has 0 amide bonds. The predicted molar refractivity (Wildman–Crippen MR) is 94.5 cm³/mol. The number of nitrogens with one attached hydrogen (secondary N) is 2. The van der Waals surface area contributed by atoms with Gasteiger partial charge in [-0.25, -0.2) is 9.38 Å². The smallest absolute Gasteiger partial charge is 0.188 e. The van der Waals surface area contributed by atoms with Crippen LogP contribution in [0.3, 0.4) is 0 Å². The number of nitrogens with zero attached hydrogens (tertiary/aromatic N) is 4. The number of amidine groups is 1. The zero-order valence-electron chi connectivity index (χ0n) is 13.5. The summed E-state index contributed by atoms with van der Waals surface area (Å²) >= 11 is 0. The first-order valence-electron chi connectivity index (χ1n) is 7.94. The third-order valence-electron chi connectivity index (χ3n) is 4.18. The first kappa shape index (κ1) is 15.2. The highest BCUT2D eigenvalue weighted by atomic mass is 19.1. The number of hydrogen-bond acceptors (Lipinski definition) is 6. The Morgan fingerprint density at radius 1 is 1.40 bits per heavy atom. The molecule has 0 saturated heterocycles. The van der Waals surface area contributed by atoms with Gasteiger partial charge in [0.05, 0.1) is 11.9 Å². The van der Waals surface area contributed by atoms with Crippen molar-refractivity contribution in [3.8, 4) is 0 Å². The molecule has 1 aromatic rings. The average Bonchev–Trinajstić information content (AvgIpc) is 3.25. The minimum atomic E-state index is -0.238. The van der Waals surface area contributed by atoms with E-state index in [1.165, 1.54) is 6.07 Å². The second-order valence-electron chi connectivity index (χ2n) is 5.73. The second kappa shape index (κ2) is 6.30. The molecule has 25 heavy (non-hydrogen) atoms. The first-order chi connectivity index (χ1) is 12.3. The topological polar surface area (TPSA) is 55.3 Å². The van der Waals surface area contributed by atoms with E-state index in [4.69, 9.17) is 4.99 Å². The highest BCUT2D eigenvalue weighted by Gasteiger charge is 2.28. The van der Waals surface area contributed by atoms with Crippen LogP contribution >= 0.6 is 0 Å². The van der Waals surface area contributed by atoms with Crippen LogP contribution in [0.5, 0.6) is 0 Å². The van der Waals surface area contributed by atoms with Crippen LogP contribution in [0, 0.1) is 5.82 Å². The van der Waals surface area contributed by atoms with Crippen molar-refractivity contribution in [2.24, 2.45) is 10.1 Å². The molecular weight excluding hydrogens is 319 g/mol. The van der Waals surface area contributed by atoms with Crippen molar-refractivity contribution in [2.75, 3.05) is 6.67 Å². The van der Waals surface area contributed by atoms with Crippen molar-refractivity contribution >= 4 is 11.5 Å². The molecule has 1 unspecified atom stereocenters. The average molecular weight is 336 g/mol. The van der Waals surface area contributed by atoms with Crippen LogP contribution in [-0.4, -0.2) is 34.2 Å². The molecule has 1 atom stereocenters. The molecule has 0 bridgehead atoms. The maximum absolute atomic E-state index is 14.1. The van der Waals surface area contributed by atoms with Gasteiger partial charge in [0.25, 0.3) is 0 Å². The number of hydrogen-bond donors (Lipinski definition) is 2. The monoisotopic (exact) mass is 336 g/mol. The molecule has 7 heteroatoms. The van der Waals surface area contributed by atoms with Crippen molar-refractivity contribution in [3.63, 3.8) is 0 Å². The van der Waals surface area contributed by atoms with E-state index in [1.54, 1.807) is 18.3 Å². The SMILES string of the molecule is C=CN1CNN=C1C1=C=CN2C=CNC2C(Cc2ccccc2F)=N1. The van der Waals surface area contributed by atoms with E-state index in [0.717, 1.165) is 5.71 Å². The minimum absolute atomic E-state index is 0.170. The Balaban J connectivity index is 1.73. The van der Waals surface area contributed by atoms with Gasteiger partial charge in [0.15, 0.2) is 11.5 Å². The summed E-state index contributed by atoms with van der Waals surface area (Å²) in [4.78, 5) is 8.55. The van der Waals surface area contributed by atoms with Crippen molar-refractivity contribution < 1.29 is 4.39 Å². The highest BCUT2D eigenvalue weighted by molar-refractivity contribution is 6.03. The number of hydrazone groups is 1. The van der Waals surface area contributed by atoms with Gasteiger partial charge in [-0.3, -0.25) is 5.43 Å². The lowest BCUT2D eigenvalue weighted by Crippen LogP contribution is -2.40.